The fraction of sp³-hybridized carbons (Fsp3) is 0.500. The second-order valence-corrected chi connectivity index (χ2v) is 5.37. The summed E-state index contributed by atoms with van der Waals surface area (Å²) in [6.07, 6.45) is 1.18. The second kappa shape index (κ2) is 4.99. The Balaban J connectivity index is 2.27. The molecule has 0 spiro atoms. The molecule has 1 aromatic carbocycles. The zero-order chi connectivity index (χ0) is 14.2. The van der Waals surface area contributed by atoms with Crippen molar-refractivity contribution in [1.82, 2.24) is 0 Å². The van der Waals surface area contributed by atoms with E-state index < -0.39 is 4.92 Å². The Bertz CT molecular complexity index is 527. The summed E-state index contributed by atoms with van der Waals surface area (Å²) in [7, 11) is 1.86. The lowest BCUT2D eigenvalue weighted by Gasteiger charge is -2.19. The first-order valence-corrected chi connectivity index (χ1v) is 6.40. The van der Waals surface area contributed by atoms with Gasteiger partial charge in [-0.25, -0.2) is 0 Å². The number of hydrogen-bond acceptors (Lipinski definition) is 4. The van der Waals surface area contributed by atoms with Crippen molar-refractivity contribution in [3.05, 3.63) is 33.9 Å². The molecule has 0 aromatic heterocycles. The van der Waals surface area contributed by atoms with Crippen LogP contribution < -0.4 is 4.90 Å². The van der Waals surface area contributed by atoms with E-state index in [1.54, 1.807) is 12.1 Å². The van der Waals surface area contributed by atoms with Gasteiger partial charge in [0.1, 0.15) is 5.69 Å². The number of benzene rings is 1. The topological polar surface area (TPSA) is 63.5 Å². The molecule has 0 aliphatic heterocycles. The Morgan fingerprint density at radius 2 is 2.16 bits per heavy atom. The number of Topliss-reactive ketones (excluding diaryl/α,β-unsaturated/α-hetero) is 1. The van der Waals surface area contributed by atoms with Crippen LogP contribution in [0.1, 0.15) is 30.6 Å². The third-order valence-corrected chi connectivity index (χ3v) is 3.77. The maximum atomic E-state index is 11.3. The van der Waals surface area contributed by atoms with Gasteiger partial charge >= 0.3 is 0 Å². The molecule has 102 valence electrons. The maximum Gasteiger partial charge on any atom is 0.293 e. The molecule has 1 aromatic rings. The van der Waals surface area contributed by atoms with Gasteiger partial charge in [-0.05, 0) is 37.3 Å². The van der Waals surface area contributed by atoms with Gasteiger partial charge in [0.2, 0.25) is 0 Å². The van der Waals surface area contributed by atoms with Gasteiger partial charge in [0, 0.05) is 25.2 Å². The van der Waals surface area contributed by atoms with Crippen molar-refractivity contribution in [2.75, 3.05) is 18.5 Å². The van der Waals surface area contributed by atoms with Crippen LogP contribution in [0, 0.1) is 22.0 Å². The molecule has 1 aliphatic rings. The molecule has 0 amide bonds. The minimum Gasteiger partial charge on any atom is -0.369 e. The van der Waals surface area contributed by atoms with Gasteiger partial charge in [-0.15, -0.1) is 0 Å². The highest BCUT2D eigenvalue weighted by Crippen LogP contribution is 2.39. The molecule has 5 nitrogen and oxygen atoms in total. The Morgan fingerprint density at radius 1 is 1.53 bits per heavy atom. The lowest BCUT2D eigenvalue weighted by Crippen LogP contribution is -2.21. The third kappa shape index (κ3) is 2.92. The second-order valence-electron chi connectivity index (χ2n) is 5.37. The summed E-state index contributed by atoms with van der Waals surface area (Å²) in [6.45, 7) is 4.42. The first kappa shape index (κ1) is 13.5. The predicted molar refractivity (Wildman–Crippen MR) is 73.6 cm³/mol. The van der Waals surface area contributed by atoms with Crippen LogP contribution >= 0.6 is 0 Å². The van der Waals surface area contributed by atoms with E-state index in [0.717, 1.165) is 6.54 Å². The van der Waals surface area contributed by atoms with Gasteiger partial charge in [0.25, 0.3) is 5.69 Å². The molecule has 0 saturated heterocycles. The SMILES string of the molecule is CC(=O)c1ccc(N(C)CC2CC2C)c([N+](=O)[O-])c1. The van der Waals surface area contributed by atoms with Gasteiger partial charge in [0.05, 0.1) is 4.92 Å². The standard InChI is InChI=1S/C14H18N2O3/c1-9-6-12(9)8-15(3)13-5-4-11(10(2)17)7-14(13)16(18)19/h4-5,7,9,12H,6,8H2,1-3H3. The highest BCUT2D eigenvalue weighted by Gasteiger charge is 2.34. The summed E-state index contributed by atoms with van der Waals surface area (Å²) in [5.74, 6) is 1.17. The minimum atomic E-state index is -0.422. The molecule has 2 atom stereocenters. The quantitative estimate of drug-likeness (QED) is 0.465. The van der Waals surface area contributed by atoms with E-state index in [9.17, 15) is 14.9 Å². The zero-order valence-electron chi connectivity index (χ0n) is 11.4. The van der Waals surface area contributed by atoms with Crippen molar-refractivity contribution in [3.8, 4) is 0 Å². The van der Waals surface area contributed by atoms with Crippen molar-refractivity contribution in [2.24, 2.45) is 11.8 Å². The first-order valence-electron chi connectivity index (χ1n) is 6.40. The lowest BCUT2D eigenvalue weighted by molar-refractivity contribution is -0.384. The molecule has 2 rings (SSSR count). The van der Waals surface area contributed by atoms with Crippen molar-refractivity contribution >= 4 is 17.2 Å². The van der Waals surface area contributed by atoms with Gasteiger partial charge in [-0.3, -0.25) is 14.9 Å². The number of carbonyl (C=O) groups is 1. The van der Waals surface area contributed by atoms with E-state index in [0.29, 0.717) is 23.1 Å². The van der Waals surface area contributed by atoms with Crippen molar-refractivity contribution < 1.29 is 9.72 Å². The molecule has 19 heavy (non-hydrogen) atoms. The molecule has 0 radical (unpaired) electrons. The number of anilines is 1. The van der Waals surface area contributed by atoms with Gasteiger partial charge in [-0.1, -0.05) is 6.92 Å². The smallest absolute Gasteiger partial charge is 0.293 e. The molecular formula is C14H18N2O3. The fourth-order valence-corrected chi connectivity index (χ4v) is 2.32. The van der Waals surface area contributed by atoms with Crippen LogP contribution in [0.15, 0.2) is 18.2 Å². The number of rotatable bonds is 5. The van der Waals surface area contributed by atoms with Crippen LogP contribution in [-0.2, 0) is 0 Å². The summed E-state index contributed by atoms with van der Waals surface area (Å²) in [5, 5.41) is 11.1. The van der Waals surface area contributed by atoms with Gasteiger partial charge in [-0.2, -0.15) is 0 Å². The van der Waals surface area contributed by atoms with Crippen LogP contribution in [-0.4, -0.2) is 24.3 Å². The number of nitro benzene ring substituents is 1. The third-order valence-electron chi connectivity index (χ3n) is 3.77. The number of nitro groups is 1. The van der Waals surface area contributed by atoms with E-state index in [2.05, 4.69) is 6.92 Å². The lowest BCUT2D eigenvalue weighted by atomic mass is 10.1. The van der Waals surface area contributed by atoms with Crippen LogP contribution in [0.5, 0.6) is 0 Å². The molecule has 1 aliphatic carbocycles. The van der Waals surface area contributed by atoms with E-state index in [1.807, 2.05) is 11.9 Å². The average molecular weight is 262 g/mol. The molecule has 1 saturated carbocycles. The van der Waals surface area contributed by atoms with E-state index >= 15 is 0 Å². The summed E-state index contributed by atoms with van der Waals surface area (Å²) in [6, 6.07) is 4.68. The Labute approximate surface area is 112 Å². The van der Waals surface area contributed by atoms with E-state index in [1.165, 1.54) is 19.4 Å². The largest absolute Gasteiger partial charge is 0.369 e. The fourth-order valence-electron chi connectivity index (χ4n) is 2.32. The van der Waals surface area contributed by atoms with Gasteiger partial charge in [0.15, 0.2) is 5.78 Å². The molecule has 0 N–H and O–H groups in total. The summed E-state index contributed by atoms with van der Waals surface area (Å²) in [5.41, 5.74) is 0.959. The highest BCUT2D eigenvalue weighted by atomic mass is 16.6. The Hall–Kier alpha value is -1.91. The maximum absolute atomic E-state index is 11.3. The molecule has 5 heteroatoms. The van der Waals surface area contributed by atoms with Crippen molar-refractivity contribution in [3.63, 3.8) is 0 Å². The predicted octanol–water partition coefficient (Wildman–Crippen LogP) is 2.89. The average Bonchev–Trinajstić information content (AvgIpc) is 3.03. The molecule has 0 heterocycles. The Morgan fingerprint density at radius 3 is 2.63 bits per heavy atom. The highest BCUT2D eigenvalue weighted by molar-refractivity contribution is 5.95. The monoisotopic (exact) mass is 262 g/mol. The molecule has 1 fully saturated rings. The summed E-state index contributed by atoms with van der Waals surface area (Å²) >= 11 is 0. The van der Waals surface area contributed by atoms with Crippen LogP contribution in [0.25, 0.3) is 0 Å². The number of ketones is 1. The van der Waals surface area contributed by atoms with Crippen LogP contribution in [0.4, 0.5) is 11.4 Å². The van der Waals surface area contributed by atoms with Crippen molar-refractivity contribution in [2.45, 2.75) is 20.3 Å². The first-order chi connectivity index (χ1) is 8.90. The number of carbonyl (C=O) groups excluding carboxylic acids is 1. The summed E-state index contributed by atoms with van der Waals surface area (Å²) in [4.78, 5) is 23.9. The number of hydrogen-bond donors (Lipinski definition) is 0. The number of nitrogens with zero attached hydrogens (tertiary/aromatic N) is 2. The molecular weight excluding hydrogens is 244 g/mol. The minimum absolute atomic E-state index is 0.00324. The molecule has 0 bridgehead atoms. The Kier molecular flexibility index (Phi) is 3.55. The van der Waals surface area contributed by atoms with Crippen LogP contribution in [0.3, 0.4) is 0 Å². The van der Waals surface area contributed by atoms with E-state index in [4.69, 9.17) is 0 Å². The molecule has 2 unspecified atom stereocenters. The zero-order valence-corrected chi connectivity index (χ0v) is 11.4. The van der Waals surface area contributed by atoms with Gasteiger partial charge < -0.3 is 4.90 Å². The van der Waals surface area contributed by atoms with E-state index in [-0.39, 0.29) is 11.5 Å². The van der Waals surface area contributed by atoms with Crippen molar-refractivity contribution in [1.29, 1.82) is 0 Å². The normalized spacial score (nSPS) is 21.0. The van der Waals surface area contributed by atoms with Crippen LogP contribution in [0.2, 0.25) is 0 Å². The summed E-state index contributed by atoms with van der Waals surface area (Å²) < 4.78 is 0.